The van der Waals surface area contributed by atoms with Gasteiger partial charge >= 0.3 is 0 Å². The van der Waals surface area contributed by atoms with Crippen LogP contribution in [0.2, 0.25) is 0 Å². The molecule has 0 aliphatic rings. The van der Waals surface area contributed by atoms with Gasteiger partial charge in [0.2, 0.25) is 0 Å². The molecule has 0 aromatic heterocycles. The van der Waals surface area contributed by atoms with Gasteiger partial charge in [-0.15, -0.1) is 12.6 Å². The quantitative estimate of drug-likeness (QED) is 0.396. The van der Waals surface area contributed by atoms with Crippen molar-refractivity contribution in [3.63, 3.8) is 0 Å². The number of ether oxygens (including phenoxy) is 2. The van der Waals surface area contributed by atoms with Crippen molar-refractivity contribution in [2.24, 2.45) is 0 Å². The monoisotopic (exact) mass is 212 g/mol. The summed E-state index contributed by atoms with van der Waals surface area (Å²) in [4.78, 5) is 19.1. The second-order valence-electron chi connectivity index (χ2n) is 1.43. The van der Waals surface area contributed by atoms with Crippen LogP contribution in [-0.2, 0) is 19.1 Å². The third-order valence-electron chi connectivity index (χ3n) is 0.519. The van der Waals surface area contributed by atoms with Gasteiger partial charge in [0.25, 0.3) is 12.9 Å². The Morgan fingerprint density at radius 3 is 2.25 bits per heavy atom. The van der Waals surface area contributed by atoms with Crippen LogP contribution < -0.4 is 0 Å². The maximum Gasteiger partial charge on any atom is 0.294 e. The molecule has 0 aliphatic heterocycles. The van der Waals surface area contributed by atoms with E-state index in [1.54, 1.807) is 0 Å². The Morgan fingerprint density at radius 2 is 1.92 bits per heavy atom. The zero-order valence-corrected chi connectivity index (χ0v) is 8.46. The molecule has 0 amide bonds. The van der Waals surface area contributed by atoms with Gasteiger partial charge in [-0.3, -0.25) is 9.59 Å². The van der Waals surface area contributed by atoms with Crippen molar-refractivity contribution >= 4 is 38.2 Å². The van der Waals surface area contributed by atoms with Crippen molar-refractivity contribution in [2.75, 3.05) is 12.4 Å². The van der Waals surface area contributed by atoms with Gasteiger partial charge in [0.1, 0.15) is 6.61 Å². The number of carbonyl (C=O) groups is 2. The summed E-state index contributed by atoms with van der Waals surface area (Å²) in [6, 6.07) is 0. The van der Waals surface area contributed by atoms with E-state index in [1.165, 1.54) is 0 Å². The maximum atomic E-state index is 9.56. The lowest BCUT2D eigenvalue weighted by molar-refractivity contribution is -0.137. The predicted molar refractivity (Wildman–Crippen MR) is 51.5 cm³/mol. The zero-order valence-electron chi connectivity index (χ0n) is 6.67. The average molecular weight is 212 g/mol. The highest BCUT2D eigenvalue weighted by atomic mass is 32.1. The van der Waals surface area contributed by atoms with Crippen LogP contribution in [-0.4, -0.2) is 30.7 Å². The molecule has 0 spiro atoms. The molecular weight excluding hydrogens is 200 g/mol. The van der Waals surface area contributed by atoms with Gasteiger partial charge in [-0.1, -0.05) is 6.92 Å². The van der Waals surface area contributed by atoms with E-state index in [1.807, 2.05) is 6.92 Å². The highest BCUT2D eigenvalue weighted by molar-refractivity contribution is 7.80. The SMILES string of the molecule is CCS.O=COCC(S)OC=O. The summed E-state index contributed by atoms with van der Waals surface area (Å²) in [5, 5.41) is 0. The van der Waals surface area contributed by atoms with Crippen molar-refractivity contribution in [2.45, 2.75) is 12.4 Å². The second-order valence-corrected chi connectivity index (χ2v) is 2.64. The molecule has 0 saturated heterocycles. The van der Waals surface area contributed by atoms with Gasteiger partial charge < -0.3 is 9.47 Å². The first-order valence-corrected chi connectivity index (χ1v) is 4.31. The van der Waals surface area contributed by atoms with Crippen LogP contribution in [0.1, 0.15) is 6.92 Å². The van der Waals surface area contributed by atoms with Gasteiger partial charge in [-0.2, -0.15) is 12.6 Å². The third-order valence-corrected chi connectivity index (χ3v) is 0.790. The van der Waals surface area contributed by atoms with Crippen LogP contribution >= 0.6 is 25.3 Å². The summed E-state index contributed by atoms with van der Waals surface area (Å²) in [5.74, 6) is 0.944. The molecule has 1 unspecified atom stereocenters. The molecule has 72 valence electrons. The molecule has 0 fully saturated rings. The predicted octanol–water partition coefficient (Wildman–Crippen LogP) is 0.524. The fraction of sp³-hybridized carbons (Fsp3) is 0.667. The van der Waals surface area contributed by atoms with Gasteiger partial charge in [0, 0.05) is 0 Å². The summed E-state index contributed by atoms with van der Waals surface area (Å²) in [5.41, 5.74) is -0.660. The van der Waals surface area contributed by atoms with Crippen LogP contribution in [0.15, 0.2) is 0 Å². The molecule has 6 heteroatoms. The summed E-state index contributed by atoms with van der Waals surface area (Å²) in [6.07, 6.45) is 0. The third kappa shape index (κ3) is 16.3. The smallest absolute Gasteiger partial charge is 0.294 e. The van der Waals surface area contributed by atoms with Crippen molar-refractivity contribution in [1.82, 2.24) is 0 Å². The summed E-state index contributed by atoms with van der Waals surface area (Å²) < 4.78 is 8.45. The molecule has 0 bridgehead atoms. The number of rotatable bonds is 5. The normalized spacial score (nSPS) is 10.2. The van der Waals surface area contributed by atoms with Gasteiger partial charge in [0.15, 0.2) is 5.44 Å². The second kappa shape index (κ2) is 13.2. The lowest BCUT2D eigenvalue weighted by Crippen LogP contribution is -2.11. The molecule has 1 atom stereocenters. The van der Waals surface area contributed by atoms with E-state index in [0.29, 0.717) is 0 Å². The molecule has 0 aliphatic carbocycles. The number of carbonyl (C=O) groups excluding carboxylic acids is 2. The van der Waals surface area contributed by atoms with E-state index in [4.69, 9.17) is 0 Å². The summed E-state index contributed by atoms with van der Waals surface area (Å²) >= 11 is 7.50. The Labute approximate surface area is 82.4 Å². The minimum atomic E-state index is -0.660. The van der Waals surface area contributed by atoms with E-state index >= 15 is 0 Å². The minimum absolute atomic E-state index is 0.0225. The van der Waals surface area contributed by atoms with Crippen molar-refractivity contribution in [3.05, 3.63) is 0 Å². The first-order chi connectivity index (χ1) is 5.72. The fourth-order valence-electron chi connectivity index (χ4n) is 0.225. The van der Waals surface area contributed by atoms with Gasteiger partial charge in [0.05, 0.1) is 0 Å². The Balaban J connectivity index is 0. The molecule has 0 saturated carbocycles. The molecule has 0 aromatic rings. The summed E-state index contributed by atoms with van der Waals surface area (Å²) in [6.45, 7) is 2.47. The minimum Gasteiger partial charge on any atom is -0.463 e. The number of thiol groups is 2. The van der Waals surface area contributed by atoms with Crippen LogP contribution in [0.25, 0.3) is 0 Å². The van der Waals surface area contributed by atoms with E-state index in [2.05, 4.69) is 34.7 Å². The van der Waals surface area contributed by atoms with E-state index in [9.17, 15) is 9.59 Å². The maximum absolute atomic E-state index is 9.56. The van der Waals surface area contributed by atoms with E-state index < -0.39 is 5.44 Å². The molecule has 12 heavy (non-hydrogen) atoms. The molecule has 4 nitrogen and oxygen atoms in total. The van der Waals surface area contributed by atoms with E-state index in [0.717, 1.165) is 5.75 Å². The average Bonchev–Trinajstić information content (AvgIpc) is 2.03. The Bertz CT molecular complexity index is 110. The van der Waals surface area contributed by atoms with Crippen LogP contribution in [0.4, 0.5) is 0 Å². The molecule has 0 heterocycles. The lowest BCUT2D eigenvalue weighted by atomic mass is 10.8. The molecule has 0 N–H and O–H groups in total. The lowest BCUT2D eigenvalue weighted by Gasteiger charge is -2.04. The number of hydrogen-bond donors (Lipinski definition) is 2. The molecule has 0 aromatic carbocycles. The topological polar surface area (TPSA) is 52.6 Å². The first-order valence-electron chi connectivity index (χ1n) is 3.16. The Morgan fingerprint density at radius 1 is 1.42 bits per heavy atom. The largest absolute Gasteiger partial charge is 0.463 e. The molecule has 0 rings (SSSR count). The van der Waals surface area contributed by atoms with Gasteiger partial charge in [-0.05, 0) is 5.75 Å². The standard InChI is InChI=1S/C4H6O4S.C2H6S/c5-2-7-1-4(9)8-3-6;1-2-3/h2-4,9H,1H2;3H,2H2,1H3. The molecule has 0 radical (unpaired) electrons. The fourth-order valence-corrected chi connectivity index (χ4v) is 0.361. The van der Waals surface area contributed by atoms with Crippen molar-refractivity contribution < 1.29 is 19.1 Å². The van der Waals surface area contributed by atoms with Crippen LogP contribution in [0.5, 0.6) is 0 Å². The van der Waals surface area contributed by atoms with Crippen LogP contribution in [0, 0.1) is 0 Å². The van der Waals surface area contributed by atoms with E-state index in [-0.39, 0.29) is 19.6 Å². The highest BCUT2D eigenvalue weighted by Crippen LogP contribution is 1.93. The molecular formula is C6H12O4S2. The zero-order chi connectivity index (χ0) is 9.82. The van der Waals surface area contributed by atoms with Crippen LogP contribution in [0.3, 0.4) is 0 Å². The summed E-state index contributed by atoms with van der Waals surface area (Å²) in [7, 11) is 0. The van der Waals surface area contributed by atoms with Gasteiger partial charge in [-0.25, -0.2) is 0 Å². The first kappa shape index (κ1) is 14.2. The van der Waals surface area contributed by atoms with Crippen molar-refractivity contribution in [1.29, 1.82) is 0 Å². The highest BCUT2D eigenvalue weighted by Gasteiger charge is 1.99. The van der Waals surface area contributed by atoms with Crippen molar-refractivity contribution in [3.8, 4) is 0 Å². The number of hydrogen-bond acceptors (Lipinski definition) is 6. The Hall–Kier alpha value is -0.360. The Kier molecular flexibility index (Phi) is 15.7.